The van der Waals surface area contributed by atoms with E-state index >= 15 is 0 Å². The van der Waals surface area contributed by atoms with Crippen LogP contribution in [0.1, 0.15) is 24.0 Å². The molecule has 1 aromatic rings. The highest BCUT2D eigenvalue weighted by Crippen LogP contribution is 2.32. The highest BCUT2D eigenvalue weighted by Gasteiger charge is 2.30. The van der Waals surface area contributed by atoms with Crippen LogP contribution in [-0.2, 0) is 0 Å². The van der Waals surface area contributed by atoms with E-state index in [9.17, 15) is 10.2 Å². The zero-order valence-corrected chi connectivity index (χ0v) is 13.2. The molecule has 0 saturated heterocycles. The third-order valence-electron chi connectivity index (χ3n) is 3.82. The highest BCUT2D eigenvalue weighted by atomic mass is 16.5. The summed E-state index contributed by atoms with van der Waals surface area (Å²) in [4.78, 5) is 1.97. The molecule has 2 N–H and O–H groups in total. The van der Waals surface area contributed by atoms with E-state index in [-0.39, 0.29) is 12.7 Å². The van der Waals surface area contributed by atoms with Crippen LogP contribution >= 0.6 is 0 Å². The third kappa shape index (κ3) is 5.65. The first-order valence-corrected chi connectivity index (χ1v) is 7.70. The van der Waals surface area contributed by atoms with Crippen LogP contribution in [0, 0.1) is 19.8 Å². The number of hydrogen-bond acceptors (Lipinski definition) is 4. The molecule has 1 aliphatic rings. The first kappa shape index (κ1) is 16.3. The van der Waals surface area contributed by atoms with Crippen LogP contribution in [0.5, 0.6) is 5.75 Å². The normalized spacial score (nSPS) is 17.8. The fraction of sp³-hybridized carbons (Fsp3) is 0.647. The Bertz CT molecular complexity index is 439. The Hall–Kier alpha value is -1.10. The van der Waals surface area contributed by atoms with Gasteiger partial charge in [0.05, 0.1) is 6.10 Å². The van der Waals surface area contributed by atoms with Crippen LogP contribution in [0.3, 0.4) is 0 Å². The minimum Gasteiger partial charge on any atom is -0.491 e. The number of benzene rings is 1. The van der Waals surface area contributed by atoms with Gasteiger partial charge in [0.2, 0.25) is 0 Å². The quantitative estimate of drug-likeness (QED) is 0.767. The first-order chi connectivity index (χ1) is 9.94. The van der Waals surface area contributed by atoms with Crippen molar-refractivity contribution in [2.24, 2.45) is 5.92 Å². The summed E-state index contributed by atoms with van der Waals surface area (Å²) in [6.45, 7) is 5.46. The minimum atomic E-state index is -0.553. The van der Waals surface area contributed by atoms with Crippen molar-refractivity contribution in [2.75, 3.05) is 26.7 Å². The van der Waals surface area contributed by atoms with Gasteiger partial charge in [-0.3, -0.25) is 0 Å². The average molecular weight is 293 g/mol. The van der Waals surface area contributed by atoms with Crippen molar-refractivity contribution in [2.45, 2.75) is 38.9 Å². The van der Waals surface area contributed by atoms with Gasteiger partial charge in [-0.25, -0.2) is 0 Å². The van der Waals surface area contributed by atoms with Crippen molar-refractivity contribution in [3.05, 3.63) is 29.3 Å². The molecule has 4 heteroatoms. The molecule has 0 amide bonds. The highest BCUT2D eigenvalue weighted by molar-refractivity contribution is 5.32. The maximum Gasteiger partial charge on any atom is 0.119 e. The van der Waals surface area contributed by atoms with Crippen molar-refractivity contribution in [1.82, 2.24) is 4.90 Å². The first-order valence-electron chi connectivity index (χ1n) is 7.70. The summed E-state index contributed by atoms with van der Waals surface area (Å²) in [5.41, 5.74) is 2.31. The summed E-state index contributed by atoms with van der Waals surface area (Å²) in [5.74, 6) is 1.27. The molecular formula is C17H27NO3. The molecule has 0 radical (unpaired) electrons. The van der Waals surface area contributed by atoms with Crippen LogP contribution in [-0.4, -0.2) is 54.1 Å². The number of aliphatic hydroxyl groups excluding tert-OH is 2. The maximum atomic E-state index is 10.0. The van der Waals surface area contributed by atoms with Crippen molar-refractivity contribution < 1.29 is 14.9 Å². The number of ether oxygens (including phenoxy) is 1. The van der Waals surface area contributed by atoms with Gasteiger partial charge in [-0.15, -0.1) is 0 Å². The van der Waals surface area contributed by atoms with E-state index in [1.54, 1.807) is 0 Å². The molecule has 0 heterocycles. The van der Waals surface area contributed by atoms with E-state index in [0.29, 0.717) is 19.0 Å². The maximum absolute atomic E-state index is 10.0. The fourth-order valence-electron chi connectivity index (χ4n) is 2.65. The predicted molar refractivity (Wildman–Crippen MR) is 83.6 cm³/mol. The number of rotatable bonds is 8. The van der Waals surface area contributed by atoms with Crippen molar-refractivity contribution in [3.63, 3.8) is 0 Å². The average Bonchev–Trinajstić information content (AvgIpc) is 3.19. The molecule has 0 spiro atoms. The summed E-state index contributed by atoms with van der Waals surface area (Å²) in [5, 5.41) is 19.9. The summed E-state index contributed by atoms with van der Waals surface area (Å²) < 4.78 is 5.66. The Morgan fingerprint density at radius 3 is 2.33 bits per heavy atom. The molecule has 2 atom stereocenters. The van der Waals surface area contributed by atoms with E-state index in [0.717, 1.165) is 29.7 Å². The zero-order valence-electron chi connectivity index (χ0n) is 13.2. The third-order valence-corrected chi connectivity index (χ3v) is 3.82. The predicted octanol–water partition coefficient (Wildman–Crippen LogP) is 1.75. The Morgan fingerprint density at radius 1 is 1.14 bits per heavy atom. The number of hydrogen-bond donors (Lipinski definition) is 2. The monoisotopic (exact) mass is 293 g/mol. The van der Waals surface area contributed by atoms with E-state index in [4.69, 9.17) is 4.74 Å². The molecule has 2 unspecified atom stereocenters. The van der Waals surface area contributed by atoms with Crippen LogP contribution in [0.2, 0.25) is 0 Å². The van der Waals surface area contributed by atoms with Gasteiger partial charge in [-0.2, -0.15) is 0 Å². The molecule has 1 saturated carbocycles. The molecule has 2 rings (SSSR count). The van der Waals surface area contributed by atoms with Crippen LogP contribution in [0.15, 0.2) is 18.2 Å². The lowest BCUT2D eigenvalue weighted by atomic mass is 10.1. The Kier molecular flexibility index (Phi) is 5.62. The minimum absolute atomic E-state index is 0.262. The van der Waals surface area contributed by atoms with Crippen molar-refractivity contribution in [1.29, 1.82) is 0 Å². The fourth-order valence-corrected chi connectivity index (χ4v) is 2.65. The molecule has 21 heavy (non-hydrogen) atoms. The summed E-state index contributed by atoms with van der Waals surface area (Å²) in [6, 6.07) is 6.04. The van der Waals surface area contributed by atoms with Gasteiger partial charge in [0.1, 0.15) is 18.5 Å². The molecular weight excluding hydrogens is 266 g/mol. The van der Waals surface area contributed by atoms with Gasteiger partial charge in [-0.1, -0.05) is 6.07 Å². The zero-order chi connectivity index (χ0) is 15.4. The lowest BCUT2D eigenvalue weighted by Crippen LogP contribution is -2.38. The summed E-state index contributed by atoms with van der Waals surface area (Å²) >= 11 is 0. The van der Waals surface area contributed by atoms with Gasteiger partial charge in [0, 0.05) is 13.1 Å². The summed E-state index contributed by atoms with van der Waals surface area (Å²) in [6.07, 6.45) is 1.45. The van der Waals surface area contributed by atoms with E-state index in [2.05, 4.69) is 6.07 Å². The molecule has 1 fully saturated rings. The van der Waals surface area contributed by atoms with Gasteiger partial charge in [0.25, 0.3) is 0 Å². The molecule has 4 nitrogen and oxygen atoms in total. The summed E-state index contributed by atoms with van der Waals surface area (Å²) in [7, 11) is 1.92. The van der Waals surface area contributed by atoms with Crippen LogP contribution in [0.4, 0.5) is 0 Å². The van der Waals surface area contributed by atoms with Gasteiger partial charge in [-0.05, 0) is 62.9 Å². The molecule has 0 aromatic heterocycles. The SMILES string of the molecule is Cc1cc(C)cc(OCC(O)CN(C)CC(O)C2CC2)c1. The number of likely N-dealkylation sites (N-methyl/N-ethyl adjacent to an activating group) is 1. The molecule has 0 bridgehead atoms. The van der Waals surface area contributed by atoms with Crippen LogP contribution in [0.25, 0.3) is 0 Å². The molecule has 118 valence electrons. The topological polar surface area (TPSA) is 52.9 Å². The van der Waals surface area contributed by atoms with Gasteiger partial charge >= 0.3 is 0 Å². The molecule has 1 aliphatic carbocycles. The number of nitrogens with zero attached hydrogens (tertiary/aromatic N) is 1. The molecule has 1 aromatic carbocycles. The van der Waals surface area contributed by atoms with Crippen LogP contribution < -0.4 is 4.74 Å². The second kappa shape index (κ2) is 7.25. The number of aliphatic hydroxyl groups is 2. The van der Waals surface area contributed by atoms with Crippen molar-refractivity contribution >= 4 is 0 Å². The molecule has 0 aliphatic heterocycles. The van der Waals surface area contributed by atoms with E-state index in [1.807, 2.05) is 37.9 Å². The number of aryl methyl sites for hydroxylation is 2. The van der Waals surface area contributed by atoms with Gasteiger partial charge in [0.15, 0.2) is 0 Å². The van der Waals surface area contributed by atoms with Gasteiger partial charge < -0.3 is 19.8 Å². The van der Waals surface area contributed by atoms with E-state index in [1.165, 1.54) is 0 Å². The Labute approximate surface area is 127 Å². The lowest BCUT2D eigenvalue weighted by molar-refractivity contribution is 0.0508. The van der Waals surface area contributed by atoms with Crippen molar-refractivity contribution in [3.8, 4) is 5.75 Å². The lowest BCUT2D eigenvalue weighted by Gasteiger charge is -2.23. The smallest absolute Gasteiger partial charge is 0.119 e. The van der Waals surface area contributed by atoms with E-state index < -0.39 is 6.10 Å². The standard InChI is InChI=1S/C17H27NO3/c1-12-6-13(2)8-16(7-12)21-11-15(19)9-18(3)10-17(20)14-4-5-14/h6-8,14-15,17,19-20H,4-5,9-11H2,1-3H3. The Morgan fingerprint density at radius 2 is 1.76 bits per heavy atom. The Balaban J connectivity index is 1.72. The largest absolute Gasteiger partial charge is 0.491 e. The second-order valence-electron chi connectivity index (χ2n) is 6.41. The second-order valence-corrected chi connectivity index (χ2v) is 6.41.